The van der Waals surface area contributed by atoms with Crippen LogP contribution >= 0.6 is 0 Å². The molecule has 6 nitrogen and oxygen atoms in total. The Kier molecular flexibility index (Phi) is 5.16. The Morgan fingerprint density at radius 1 is 1.32 bits per heavy atom. The molecule has 2 aromatic rings. The molecule has 0 bridgehead atoms. The molecule has 3 rings (SSSR count). The fraction of sp³-hybridized carbons (Fsp3) is 0.421. The molecule has 0 saturated heterocycles. The van der Waals surface area contributed by atoms with Gasteiger partial charge in [-0.1, -0.05) is 18.9 Å². The van der Waals surface area contributed by atoms with Gasteiger partial charge in [-0.25, -0.2) is 9.48 Å². The average Bonchev–Trinajstić information content (AvgIpc) is 3.25. The standard InChI is InChI=1S/C19H23N3O3/c1-3-25-19(24)17-12-20-22(13(17)2)16-10-6-9-15(11-16)21-18(23)14-7-4-5-8-14/h6,9-12,14H,3-5,7-8H2,1-2H3,(H,21,23). The summed E-state index contributed by atoms with van der Waals surface area (Å²) in [4.78, 5) is 24.2. The van der Waals surface area contributed by atoms with Crippen LogP contribution in [0.25, 0.3) is 5.69 Å². The molecule has 1 amide bonds. The number of ether oxygens (including phenoxy) is 1. The third kappa shape index (κ3) is 3.73. The molecule has 1 aliphatic rings. The number of nitrogens with one attached hydrogen (secondary N) is 1. The Morgan fingerprint density at radius 3 is 2.80 bits per heavy atom. The molecule has 6 heteroatoms. The van der Waals surface area contributed by atoms with Crippen LogP contribution in [0.2, 0.25) is 0 Å². The number of carbonyl (C=O) groups is 2. The monoisotopic (exact) mass is 341 g/mol. The first kappa shape index (κ1) is 17.2. The first-order valence-electron chi connectivity index (χ1n) is 8.73. The van der Waals surface area contributed by atoms with Crippen LogP contribution in [-0.2, 0) is 9.53 Å². The van der Waals surface area contributed by atoms with Gasteiger partial charge in [0.1, 0.15) is 5.56 Å². The summed E-state index contributed by atoms with van der Waals surface area (Å²) in [6.45, 7) is 3.92. The van der Waals surface area contributed by atoms with Crippen molar-refractivity contribution in [3.8, 4) is 5.69 Å². The van der Waals surface area contributed by atoms with E-state index < -0.39 is 0 Å². The molecular formula is C19H23N3O3. The van der Waals surface area contributed by atoms with Gasteiger partial charge in [0, 0.05) is 11.6 Å². The van der Waals surface area contributed by atoms with Gasteiger partial charge >= 0.3 is 5.97 Å². The number of hydrogen-bond acceptors (Lipinski definition) is 4. The molecule has 0 aliphatic heterocycles. The lowest BCUT2D eigenvalue weighted by Crippen LogP contribution is -2.20. The number of anilines is 1. The lowest BCUT2D eigenvalue weighted by Gasteiger charge is -2.12. The zero-order valence-corrected chi connectivity index (χ0v) is 14.6. The van der Waals surface area contributed by atoms with Crippen LogP contribution in [0.3, 0.4) is 0 Å². The highest BCUT2D eigenvalue weighted by atomic mass is 16.5. The third-order valence-corrected chi connectivity index (χ3v) is 4.59. The lowest BCUT2D eigenvalue weighted by atomic mass is 10.1. The van der Waals surface area contributed by atoms with E-state index in [1.165, 1.54) is 6.20 Å². The summed E-state index contributed by atoms with van der Waals surface area (Å²) in [5.74, 6) is -0.179. The second-order valence-corrected chi connectivity index (χ2v) is 6.30. The van der Waals surface area contributed by atoms with Crippen LogP contribution in [0.1, 0.15) is 48.7 Å². The van der Waals surface area contributed by atoms with Crippen molar-refractivity contribution in [3.63, 3.8) is 0 Å². The third-order valence-electron chi connectivity index (χ3n) is 4.59. The fourth-order valence-electron chi connectivity index (χ4n) is 3.23. The molecule has 0 unspecified atom stereocenters. The van der Waals surface area contributed by atoms with Gasteiger partial charge < -0.3 is 10.1 Å². The van der Waals surface area contributed by atoms with Crippen molar-refractivity contribution in [1.82, 2.24) is 9.78 Å². The molecule has 0 atom stereocenters. The van der Waals surface area contributed by atoms with Crippen LogP contribution < -0.4 is 5.32 Å². The quantitative estimate of drug-likeness (QED) is 0.845. The van der Waals surface area contributed by atoms with E-state index in [4.69, 9.17) is 4.74 Å². The Labute approximate surface area is 147 Å². The normalized spacial score (nSPS) is 14.5. The molecule has 1 fully saturated rings. The van der Waals surface area contributed by atoms with Gasteiger partial charge in [0.15, 0.2) is 0 Å². The maximum Gasteiger partial charge on any atom is 0.341 e. The zero-order chi connectivity index (χ0) is 17.8. The topological polar surface area (TPSA) is 73.2 Å². The molecule has 1 aromatic carbocycles. The van der Waals surface area contributed by atoms with E-state index in [0.29, 0.717) is 17.9 Å². The summed E-state index contributed by atoms with van der Waals surface area (Å²) in [5.41, 5.74) is 2.68. The largest absolute Gasteiger partial charge is 0.462 e. The number of rotatable bonds is 5. The molecular weight excluding hydrogens is 318 g/mol. The number of aromatic nitrogens is 2. The number of carbonyl (C=O) groups excluding carboxylic acids is 2. The van der Waals surface area contributed by atoms with Crippen molar-refractivity contribution < 1.29 is 14.3 Å². The minimum atomic E-state index is -0.378. The lowest BCUT2D eigenvalue weighted by molar-refractivity contribution is -0.119. The van der Waals surface area contributed by atoms with E-state index in [1.807, 2.05) is 31.2 Å². The fourth-order valence-corrected chi connectivity index (χ4v) is 3.23. The van der Waals surface area contributed by atoms with Crippen LogP contribution in [0.15, 0.2) is 30.5 Å². The van der Waals surface area contributed by atoms with E-state index in [9.17, 15) is 9.59 Å². The molecule has 1 saturated carbocycles. The summed E-state index contributed by atoms with van der Waals surface area (Å²) >= 11 is 0. The average molecular weight is 341 g/mol. The minimum absolute atomic E-state index is 0.0825. The van der Waals surface area contributed by atoms with Gasteiger partial charge in [-0.15, -0.1) is 0 Å². The highest BCUT2D eigenvalue weighted by molar-refractivity contribution is 5.93. The van der Waals surface area contributed by atoms with Crippen LogP contribution in [-0.4, -0.2) is 28.3 Å². The van der Waals surface area contributed by atoms with Crippen molar-refractivity contribution in [2.75, 3.05) is 11.9 Å². The maximum atomic E-state index is 12.3. The molecule has 0 spiro atoms. The molecule has 1 aromatic heterocycles. The molecule has 25 heavy (non-hydrogen) atoms. The Bertz CT molecular complexity index is 776. The highest BCUT2D eigenvalue weighted by Crippen LogP contribution is 2.26. The van der Waals surface area contributed by atoms with Crippen molar-refractivity contribution in [2.24, 2.45) is 5.92 Å². The summed E-state index contributed by atoms with van der Waals surface area (Å²) in [5, 5.41) is 7.28. The van der Waals surface area contributed by atoms with E-state index in [1.54, 1.807) is 11.6 Å². The predicted molar refractivity (Wildman–Crippen MR) is 94.8 cm³/mol. The molecule has 1 N–H and O–H groups in total. The number of benzene rings is 1. The Balaban J connectivity index is 1.79. The van der Waals surface area contributed by atoms with Gasteiger partial charge in [0.05, 0.1) is 24.2 Å². The molecule has 1 aliphatic carbocycles. The second kappa shape index (κ2) is 7.51. The second-order valence-electron chi connectivity index (χ2n) is 6.30. The summed E-state index contributed by atoms with van der Waals surface area (Å²) in [6, 6.07) is 7.48. The molecule has 132 valence electrons. The van der Waals surface area contributed by atoms with Gasteiger partial charge in [0.25, 0.3) is 0 Å². The van der Waals surface area contributed by atoms with Crippen molar-refractivity contribution in [2.45, 2.75) is 39.5 Å². The van der Waals surface area contributed by atoms with Gasteiger partial charge in [-0.05, 0) is 44.9 Å². The summed E-state index contributed by atoms with van der Waals surface area (Å²) in [7, 11) is 0. The van der Waals surface area contributed by atoms with Gasteiger partial charge in [-0.3, -0.25) is 4.79 Å². The SMILES string of the molecule is CCOC(=O)c1cnn(-c2cccc(NC(=O)C3CCCC3)c2)c1C. The molecule has 1 heterocycles. The van der Waals surface area contributed by atoms with Crippen molar-refractivity contribution >= 4 is 17.6 Å². The van der Waals surface area contributed by atoms with Gasteiger partial charge in [0.2, 0.25) is 5.91 Å². The smallest absolute Gasteiger partial charge is 0.341 e. The Morgan fingerprint density at radius 2 is 2.08 bits per heavy atom. The highest BCUT2D eigenvalue weighted by Gasteiger charge is 2.23. The van der Waals surface area contributed by atoms with E-state index in [2.05, 4.69) is 10.4 Å². The van der Waals surface area contributed by atoms with Crippen molar-refractivity contribution in [1.29, 1.82) is 0 Å². The van der Waals surface area contributed by atoms with E-state index in [-0.39, 0.29) is 17.8 Å². The van der Waals surface area contributed by atoms with E-state index in [0.717, 1.165) is 37.1 Å². The number of esters is 1. The van der Waals surface area contributed by atoms with Crippen LogP contribution in [0, 0.1) is 12.8 Å². The summed E-state index contributed by atoms with van der Waals surface area (Å²) < 4.78 is 6.72. The number of amides is 1. The van der Waals surface area contributed by atoms with Crippen LogP contribution in [0.5, 0.6) is 0 Å². The predicted octanol–water partition coefficient (Wildman–Crippen LogP) is 3.49. The van der Waals surface area contributed by atoms with Crippen LogP contribution in [0.4, 0.5) is 5.69 Å². The van der Waals surface area contributed by atoms with Crippen molar-refractivity contribution in [3.05, 3.63) is 41.7 Å². The first-order valence-corrected chi connectivity index (χ1v) is 8.73. The number of hydrogen-bond donors (Lipinski definition) is 1. The summed E-state index contributed by atoms with van der Waals surface area (Å²) in [6.07, 6.45) is 5.69. The zero-order valence-electron chi connectivity index (χ0n) is 14.6. The maximum absolute atomic E-state index is 12.3. The van der Waals surface area contributed by atoms with Gasteiger partial charge in [-0.2, -0.15) is 5.10 Å². The Hall–Kier alpha value is -2.63. The minimum Gasteiger partial charge on any atom is -0.462 e. The first-order chi connectivity index (χ1) is 12.1. The number of nitrogens with zero attached hydrogens (tertiary/aromatic N) is 2. The molecule has 0 radical (unpaired) electrons. The van der Waals surface area contributed by atoms with E-state index >= 15 is 0 Å².